The Hall–Kier alpha value is -3.87. The number of aromatic nitrogens is 1. The number of nitrogens with zero attached hydrogens (tertiary/aromatic N) is 2. The van der Waals surface area contributed by atoms with Crippen LogP contribution in [-0.4, -0.2) is 21.9 Å². The molecule has 0 aliphatic carbocycles. The second kappa shape index (κ2) is 9.51. The number of amides is 1. The van der Waals surface area contributed by atoms with Gasteiger partial charge in [-0.15, -0.1) is 0 Å². The molecule has 0 saturated carbocycles. The predicted octanol–water partition coefficient (Wildman–Crippen LogP) is 4.13. The molecule has 1 amide bonds. The van der Waals surface area contributed by atoms with Crippen LogP contribution < -0.4 is 14.9 Å². The van der Waals surface area contributed by atoms with Crippen LogP contribution in [0, 0.1) is 5.82 Å². The Bertz CT molecular complexity index is 1190. The lowest BCUT2D eigenvalue weighted by molar-refractivity contribution is 0.0674. The molecule has 1 aromatic heterocycles. The van der Waals surface area contributed by atoms with Crippen molar-refractivity contribution in [2.75, 3.05) is 6.54 Å². The fourth-order valence-corrected chi connectivity index (χ4v) is 3.58. The van der Waals surface area contributed by atoms with Crippen molar-refractivity contribution in [2.45, 2.75) is 26.6 Å². The summed E-state index contributed by atoms with van der Waals surface area (Å²) >= 11 is 0. The number of allylic oxidation sites excluding steroid dienone is 1. The molecule has 0 N–H and O–H groups in total. The molecule has 0 fully saturated rings. The van der Waals surface area contributed by atoms with Crippen LogP contribution >= 0.6 is 0 Å². The highest BCUT2D eigenvalue weighted by Crippen LogP contribution is 2.27. The maximum absolute atomic E-state index is 13.4. The quantitative estimate of drug-likeness (QED) is 0.525. The van der Waals surface area contributed by atoms with E-state index >= 15 is 0 Å². The summed E-state index contributed by atoms with van der Waals surface area (Å²) in [6.07, 6.45) is 3.16. The topological polar surface area (TPSA) is 60.8 Å². The van der Waals surface area contributed by atoms with Crippen LogP contribution in [-0.2, 0) is 19.7 Å². The maximum atomic E-state index is 13.4. The number of carbonyl (C=O) groups is 1. The second-order valence-corrected chi connectivity index (χ2v) is 7.39. The fraction of sp³-hybridized carbons (Fsp3) is 0.200. The van der Waals surface area contributed by atoms with Crippen molar-refractivity contribution >= 4 is 5.91 Å². The van der Waals surface area contributed by atoms with Crippen LogP contribution in [0.15, 0.2) is 77.8 Å². The average molecular weight is 434 g/mol. The summed E-state index contributed by atoms with van der Waals surface area (Å²) in [5, 5.41) is 0. The van der Waals surface area contributed by atoms with Crippen molar-refractivity contribution in [3.63, 3.8) is 0 Å². The molecule has 1 aliphatic rings. The van der Waals surface area contributed by atoms with E-state index in [1.807, 2.05) is 30.3 Å². The molecule has 0 spiro atoms. The molecule has 0 saturated heterocycles. The third kappa shape index (κ3) is 4.56. The van der Waals surface area contributed by atoms with Crippen molar-refractivity contribution < 1.29 is 18.7 Å². The van der Waals surface area contributed by atoms with Crippen molar-refractivity contribution in [2.24, 2.45) is 0 Å². The Labute approximate surface area is 185 Å². The second-order valence-electron chi connectivity index (χ2n) is 7.39. The van der Waals surface area contributed by atoms with Crippen molar-refractivity contribution in [1.29, 1.82) is 0 Å². The number of ether oxygens (including phenoxy) is 2. The van der Waals surface area contributed by atoms with E-state index in [1.165, 1.54) is 24.5 Å². The summed E-state index contributed by atoms with van der Waals surface area (Å²) in [6, 6.07) is 16.8. The van der Waals surface area contributed by atoms with Gasteiger partial charge in [-0.05, 0) is 30.2 Å². The average Bonchev–Trinajstić information content (AvgIpc) is 2.81. The highest BCUT2D eigenvalue weighted by atomic mass is 19.1. The summed E-state index contributed by atoms with van der Waals surface area (Å²) < 4.78 is 26.4. The van der Waals surface area contributed by atoms with Gasteiger partial charge in [0.1, 0.15) is 12.4 Å². The normalized spacial score (nSPS) is 13.3. The zero-order valence-electron chi connectivity index (χ0n) is 17.7. The van der Waals surface area contributed by atoms with E-state index in [-0.39, 0.29) is 35.7 Å². The van der Waals surface area contributed by atoms with Gasteiger partial charge in [0.15, 0.2) is 11.4 Å². The molecule has 0 unspecified atom stereocenters. The van der Waals surface area contributed by atoms with Crippen molar-refractivity contribution in [1.82, 2.24) is 9.47 Å². The van der Waals surface area contributed by atoms with Crippen molar-refractivity contribution in [3.05, 3.63) is 106 Å². The number of rotatable bonds is 7. The number of halogens is 1. The lowest BCUT2D eigenvalue weighted by Gasteiger charge is -2.32. The lowest BCUT2D eigenvalue weighted by Crippen LogP contribution is -2.42. The van der Waals surface area contributed by atoms with Gasteiger partial charge in [-0.3, -0.25) is 9.59 Å². The number of benzene rings is 2. The molecule has 3 aromatic rings. The highest BCUT2D eigenvalue weighted by molar-refractivity contribution is 5.96. The molecule has 2 heterocycles. The number of pyridine rings is 1. The van der Waals surface area contributed by atoms with Crippen LogP contribution in [0.3, 0.4) is 0 Å². The molecule has 32 heavy (non-hydrogen) atoms. The minimum absolute atomic E-state index is 0.00418. The molecular weight excluding hydrogens is 411 g/mol. The summed E-state index contributed by atoms with van der Waals surface area (Å²) in [5.74, 6) is -0.398. The van der Waals surface area contributed by atoms with Crippen LogP contribution in [0.4, 0.5) is 4.39 Å². The molecule has 0 atom stereocenters. The molecule has 4 rings (SSSR count). The largest absolute Gasteiger partial charge is 0.483 e. The molecule has 6 nitrogen and oxygen atoms in total. The number of hydrogen-bond acceptors (Lipinski definition) is 4. The van der Waals surface area contributed by atoms with Crippen LogP contribution in [0.2, 0.25) is 0 Å². The van der Waals surface area contributed by atoms with E-state index in [2.05, 4.69) is 0 Å². The third-order valence-electron chi connectivity index (χ3n) is 5.15. The van der Waals surface area contributed by atoms with E-state index < -0.39 is 5.43 Å². The zero-order valence-corrected chi connectivity index (χ0v) is 17.7. The van der Waals surface area contributed by atoms with E-state index in [1.54, 1.807) is 34.6 Å². The number of hydrogen-bond donors (Lipinski definition) is 0. The third-order valence-corrected chi connectivity index (χ3v) is 5.15. The van der Waals surface area contributed by atoms with Gasteiger partial charge in [-0.25, -0.2) is 4.39 Å². The van der Waals surface area contributed by atoms with Gasteiger partial charge >= 0.3 is 0 Å². The van der Waals surface area contributed by atoms with Gasteiger partial charge < -0.3 is 18.9 Å². The smallest absolute Gasteiger partial charge is 0.274 e. The molecular formula is C25H23FN2O4. The first-order chi connectivity index (χ1) is 15.6. The predicted molar refractivity (Wildman–Crippen MR) is 118 cm³/mol. The molecule has 0 bridgehead atoms. The molecule has 0 radical (unpaired) electrons. The minimum atomic E-state index is -0.427. The van der Waals surface area contributed by atoms with Crippen LogP contribution in [0.5, 0.6) is 11.6 Å². The molecule has 164 valence electrons. The van der Waals surface area contributed by atoms with E-state index in [4.69, 9.17) is 9.47 Å². The lowest BCUT2D eigenvalue weighted by atomic mass is 10.1. The molecule has 2 aromatic carbocycles. The molecule has 7 heteroatoms. The van der Waals surface area contributed by atoms with E-state index in [9.17, 15) is 14.0 Å². The maximum Gasteiger partial charge on any atom is 0.274 e. The standard InChI is InChI=1S/C25H23FN2O4/c1-2-14-31-22-15-21(29)24(32-17-19-6-4-3-5-7-19)23-25(30)27(12-13-28(22)23)16-18-8-10-20(26)11-9-18/h2-11,14-15H,12-13,16-17H2,1H3/b14-2+. The first-order valence-electron chi connectivity index (χ1n) is 10.3. The van der Waals surface area contributed by atoms with Gasteiger partial charge in [0.2, 0.25) is 11.3 Å². The first kappa shape index (κ1) is 21.4. The Morgan fingerprint density at radius 1 is 1.00 bits per heavy atom. The van der Waals surface area contributed by atoms with Crippen LogP contribution in [0.25, 0.3) is 0 Å². The van der Waals surface area contributed by atoms with Gasteiger partial charge in [0.25, 0.3) is 5.91 Å². The Kier molecular flexibility index (Phi) is 6.35. The van der Waals surface area contributed by atoms with Gasteiger partial charge in [-0.1, -0.05) is 48.5 Å². The Morgan fingerprint density at radius 3 is 2.47 bits per heavy atom. The Morgan fingerprint density at radius 2 is 1.75 bits per heavy atom. The summed E-state index contributed by atoms with van der Waals surface area (Å²) in [4.78, 5) is 27.9. The summed E-state index contributed by atoms with van der Waals surface area (Å²) in [6.45, 7) is 3.09. The summed E-state index contributed by atoms with van der Waals surface area (Å²) in [7, 11) is 0. The van der Waals surface area contributed by atoms with Gasteiger partial charge in [0, 0.05) is 19.6 Å². The van der Waals surface area contributed by atoms with Crippen molar-refractivity contribution in [3.8, 4) is 11.6 Å². The Balaban J connectivity index is 1.69. The van der Waals surface area contributed by atoms with Gasteiger partial charge in [-0.2, -0.15) is 0 Å². The summed E-state index contributed by atoms with van der Waals surface area (Å²) in [5.41, 5.74) is 1.40. The first-order valence-corrected chi connectivity index (χ1v) is 10.3. The monoisotopic (exact) mass is 434 g/mol. The zero-order chi connectivity index (χ0) is 22.5. The van der Waals surface area contributed by atoms with Crippen LogP contribution in [0.1, 0.15) is 28.5 Å². The number of fused-ring (bicyclic) bond motifs is 1. The molecule has 1 aliphatic heterocycles. The van der Waals surface area contributed by atoms with Gasteiger partial charge in [0.05, 0.1) is 12.3 Å². The van der Waals surface area contributed by atoms with E-state index in [0.29, 0.717) is 19.6 Å². The van der Waals surface area contributed by atoms with E-state index in [0.717, 1.165) is 11.1 Å². The highest BCUT2D eigenvalue weighted by Gasteiger charge is 2.31. The minimum Gasteiger partial charge on any atom is -0.483 e. The number of carbonyl (C=O) groups excluding carboxylic acids is 1. The fourth-order valence-electron chi connectivity index (χ4n) is 3.58. The SMILES string of the molecule is C/C=C/Oc1cc(=O)c(OCc2ccccc2)c2n1CCN(Cc1ccc(F)cc1)C2=O.